The van der Waals surface area contributed by atoms with Crippen molar-refractivity contribution in [3.05, 3.63) is 52.8 Å². The van der Waals surface area contributed by atoms with E-state index in [0.29, 0.717) is 0 Å². The van der Waals surface area contributed by atoms with Crippen LogP contribution in [0.5, 0.6) is 0 Å². The number of nitrogens with zero attached hydrogens (tertiary/aromatic N) is 2. The Kier molecular flexibility index (Phi) is 4.74. The van der Waals surface area contributed by atoms with Crippen LogP contribution < -0.4 is 5.32 Å². The first-order chi connectivity index (χ1) is 9.22. The van der Waals surface area contributed by atoms with Gasteiger partial charge in [-0.3, -0.25) is 4.68 Å². The van der Waals surface area contributed by atoms with Gasteiger partial charge in [0, 0.05) is 20.1 Å². The predicted octanol–water partition coefficient (Wildman–Crippen LogP) is 2.83. The Labute approximate surface area is 115 Å². The summed E-state index contributed by atoms with van der Waals surface area (Å²) in [6.45, 7) is 6.07. The molecular weight excluding hydrogens is 234 g/mol. The highest BCUT2D eigenvalue weighted by Gasteiger charge is 2.03. The fourth-order valence-electron chi connectivity index (χ4n) is 2.14. The van der Waals surface area contributed by atoms with Crippen LogP contribution in [0.25, 0.3) is 0 Å². The molecule has 0 unspecified atom stereocenters. The summed E-state index contributed by atoms with van der Waals surface area (Å²) < 4.78 is 1.96. The Morgan fingerprint density at radius 3 is 2.26 bits per heavy atom. The number of hydrogen-bond donors (Lipinski definition) is 1. The molecule has 1 heterocycles. The maximum Gasteiger partial charge on any atom is 0.0625 e. The molecule has 0 aliphatic carbocycles. The van der Waals surface area contributed by atoms with Crippen LogP contribution in [0, 0.1) is 0 Å². The number of aryl methyl sites for hydroxylation is 3. The molecule has 102 valence electrons. The summed E-state index contributed by atoms with van der Waals surface area (Å²) in [6, 6.07) is 11.0. The number of benzene rings is 1. The largest absolute Gasteiger partial charge is 0.307 e. The third-order valence-electron chi connectivity index (χ3n) is 3.46. The minimum Gasteiger partial charge on any atom is -0.307 e. The van der Waals surface area contributed by atoms with Crippen LogP contribution in [0.4, 0.5) is 0 Å². The van der Waals surface area contributed by atoms with Crippen molar-refractivity contribution in [1.29, 1.82) is 0 Å². The Morgan fingerprint density at radius 1 is 1.00 bits per heavy atom. The third kappa shape index (κ3) is 3.67. The molecule has 3 nitrogen and oxygen atoms in total. The highest BCUT2D eigenvalue weighted by molar-refractivity contribution is 5.22. The molecule has 1 aromatic heterocycles. The molecule has 1 aromatic carbocycles. The Morgan fingerprint density at radius 2 is 1.68 bits per heavy atom. The van der Waals surface area contributed by atoms with Crippen molar-refractivity contribution < 1.29 is 0 Å². The van der Waals surface area contributed by atoms with Crippen LogP contribution in [-0.4, -0.2) is 9.78 Å². The average molecular weight is 257 g/mol. The molecule has 0 bridgehead atoms. The van der Waals surface area contributed by atoms with Gasteiger partial charge in [0.1, 0.15) is 0 Å². The lowest BCUT2D eigenvalue weighted by atomic mass is 10.1. The monoisotopic (exact) mass is 257 g/mol. The lowest BCUT2D eigenvalue weighted by molar-refractivity contribution is 0.623. The average Bonchev–Trinajstić information content (AvgIpc) is 2.80. The molecule has 0 aliphatic rings. The fourth-order valence-corrected chi connectivity index (χ4v) is 2.14. The second-order valence-corrected chi connectivity index (χ2v) is 4.88. The van der Waals surface area contributed by atoms with Gasteiger partial charge in [0.05, 0.1) is 11.4 Å². The van der Waals surface area contributed by atoms with Gasteiger partial charge in [-0.2, -0.15) is 5.10 Å². The summed E-state index contributed by atoms with van der Waals surface area (Å²) in [5.41, 5.74) is 5.12. The van der Waals surface area contributed by atoms with Gasteiger partial charge in [-0.15, -0.1) is 0 Å². The summed E-state index contributed by atoms with van der Waals surface area (Å²) in [5, 5.41) is 7.93. The van der Waals surface area contributed by atoms with Crippen molar-refractivity contribution in [3.63, 3.8) is 0 Å². The lowest BCUT2D eigenvalue weighted by Crippen LogP contribution is -2.15. The number of aromatic nitrogens is 2. The van der Waals surface area contributed by atoms with Crippen LogP contribution >= 0.6 is 0 Å². The fraction of sp³-hybridized carbons (Fsp3) is 0.438. The summed E-state index contributed by atoms with van der Waals surface area (Å²) in [6.07, 6.45) is 2.09. The molecule has 0 saturated carbocycles. The molecule has 0 radical (unpaired) electrons. The zero-order chi connectivity index (χ0) is 13.7. The van der Waals surface area contributed by atoms with Crippen molar-refractivity contribution in [1.82, 2.24) is 15.1 Å². The summed E-state index contributed by atoms with van der Waals surface area (Å²) in [5.74, 6) is 0. The second kappa shape index (κ2) is 6.53. The van der Waals surface area contributed by atoms with Crippen molar-refractivity contribution in [2.75, 3.05) is 0 Å². The molecule has 0 fully saturated rings. The topological polar surface area (TPSA) is 29.9 Å². The van der Waals surface area contributed by atoms with Crippen LogP contribution in [0.1, 0.15) is 36.4 Å². The number of rotatable bonds is 6. The van der Waals surface area contributed by atoms with Crippen LogP contribution in [0.2, 0.25) is 0 Å². The van der Waals surface area contributed by atoms with Gasteiger partial charge < -0.3 is 5.32 Å². The quantitative estimate of drug-likeness (QED) is 0.862. The van der Waals surface area contributed by atoms with Gasteiger partial charge >= 0.3 is 0 Å². The van der Waals surface area contributed by atoms with E-state index in [9.17, 15) is 0 Å². The van der Waals surface area contributed by atoms with Crippen molar-refractivity contribution >= 4 is 0 Å². The highest BCUT2D eigenvalue weighted by Crippen LogP contribution is 2.06. The van der Waals surface area contributed by atoms with Gasteiger partial charge in [0.25, 0.3) is 0 Å². The molecule has 0 atom stereocenters. The van der Waals surface area contributed by atoms with Crippen molar-refractivity contribution in [2.45, 2.75) is 39.8 Å². The van der Waals surface area contributed by atoms with Crippen LogP contribution in [-0.2, 0) is 33.0 Å². The Balaban J connectivity index is 1.86. The van der Waals surface area contributed by atoms with Crippen molar-refractivity contribution in [3.8, 4) is 0 Å². The first kappa shape index (κ1) is 13.8. The zero-order valence-electron chi connectivity index (χ0n) is 12.1. The maximum atomic E-state index is 4.45. The van der Waals surface area contributed by atoms with Crippen LogP contribution in [0.3, 0.4) is 0 Å². The zero-order valence-corrected chi connectivity index (χ0v) is 12.1. The lowest BCUT2D eigenvalue weighted by Gasteiger charge is -2.06. The highest BCUT2D eigenvalue weighted by atomic mass is 15.3. The van der Waals surface area contributed by atoms with Crippen molar-refractivity contribution in [2.24, 2.45) is 7.05 Å². The summed E-state index contributed by atoms with van der Waals surface area (Å²) in [7, 11) is 2.01. The molecule has 0 saturated heterocycles. The van der Waals surface area contributed by atoms with Gasteiger partial charge in [-0.25, -0.2) is 0 Å². The molecule has 2 aromatic rings. The Bertz CT molecular complexity index is 511. The summed E-state index contributed by atoms with van der Waals surface area (Å²) in [4.78, 5) is 0. The second-order valence-electron chi connectivity index (χ2n) is 4.88. The van der Waals surface area contributed by atoms with E-state index in [0.717, 1.165) is 31.6 Å². The number of hydrogen-bond acceptors (Lipinski definition) is 2. The molecule has 0 amide bonds. The van der Waals surface area contributed by atoms with E-state index in [4.69, 9.17) is 0 Å². The van der Waals surface area contributed by atoms with Gasteiger partial charge in [0.15, 0.2) is 0 Å². The van der Waals surface area contributed by atoms with Gasteiger partial charge in [0.2, 0.25) is 0 Å². The first-order valence-electron chi connectivity index (χ1n) is 7.03. The predicted molar refractivity (Wildman–Crippen MR) is 78.9 cm³/mol. The molecular formula is C16H23N3. The standard InChI is InChI=1S/C16H23N3/c1-4-13-6-8-14(9-7-13)11-17-12-16-10-15(5-2)18-19(16)3/h6-10,17H,4-5,11-12H2,1-3H3. The molecule has 2 rings (SSSR count). The SMILES string of the molecule is CCc1ccc(CNCc2cc(CC)nn2C)cc1. The normalized spacial score (nSPS) is 10.9. The molecule has 0 aliphatic heterocycles. The molecule has 1 N–H and O–H groups in total. The summed E-state index contributed by atoms with van der Waals surface area (Å²) >= 11 is 0. The first-order valence-corrected chi connectivity index (χ1v) is 7.03. The maximum absolute atomic E-state index is 4.45. The minimum absolute atomic E-state index is 0.860. The van der Waals surface area contributed by atoms with E-state index >= 15 is 0 Å². The Hall–Kier alpha value is -1.61. The van der Waals surface area contributed by atoms with E-state index in [-0.39, 0.29) is 0 Å². The number of nitrogens with one attached hydrogen (secondary N) is 1. The van der Waals surface area contributed by atoms with E-state index in [1.165, 1.54) is 16.8 Å². The van der Waals surface area contributed by atoms with Crippen LogP contribution in [0.15, 0.2) is 30.3 Å². The molecule has 19 heavy (non-hydrogen) atoms. The van der Waals surface area contributed by atoms with E-state index < -0.39 is 0 Å². The minimum atomic E-state index is 0.860. The van der Waals surface area contributed by atoms with E-state index in [1.807, 2.05) is 11.7 Å². The molecule has 3 heteroatoms. The van der Waals surface area contributed by atoms with E-state index in [1.54, 1.807) is 0 Å². The third-order valence-corrected chi connectivity index (χ3v) is 3.46. The van der Waals surface area contributed by atoms with Gasteiger partial charge in [-0.1, -0.05) is 38.1 Å². The van der Waals surface area contributed by atoms with E-state index in [2.05, 4.69) is 54.6 Å². The smallest absolute Gasteiger partial charge is 0.0625 e. The molecule has 0 spiro atoms. The van der Waals surface area contributed by atoms with Gasteiger partial charge in [-0.05, 0) is 30.0 Å².